The Hall–Kier alpha value is -2.69. The lowest BCUT2D eigenvalue weighted by molar-refractivity contribution is -0.144. The number of hydrogen-bond donors (Lipinski definition) is 3. The Morgan fingerprint density at radius 2 is 1.55 bits per heavy atom. The van der Waals surface area contributed by atoms with Gasteiger partial charge in [-0.1, -0.05) is 42.2 Å². The molecule has 1 fully saturated rings. The molecule has 0 spiro atoms. The highest BCUT2D eigenvalue weighted by Crippen LogP contribution is 2.33. The van der Waals surface area contributed by atoms with Gasteiger partial charge in [-0.05, 0) is 42.7 Å². The highest BCUT2D eigenvalue weighted by Gasteiger charge is 2.35. The normalized spacial score (nSPS) is 17.8. The average molecular weight is 423 g/mol. The largest absolute Gasteiger partial charge is 0.389 e. The number of carbonyl (C=O) groups excluding carboxylic acids is 1. The maximum atomic E-state index is 11.8. The molecule has 1 amide bonds. The number of amides is 1. The summed E-state index contributed by atoms with van der Waals surface area (Å²) < 4.78 is 0. The molecule has 0 aromatic heterocycles. The van der Waals surface area contributed by atoms with Crippen LogP contribution in [0.2, 0.25) is 0 Å². The van der Waals surface area contributed by atoms with Gasteiger partial charge in [0.25, 0.3) is 5.91 Å². The number of rotatable bonds is 5. The minimum atomic E-state index is -1.44. The van der Waals surface area contributed by atoms with Gasteiger partial charge >= 0.3 is 0 Å². The zero-order valence-electron chi connectivity index (χ0n) is 18.0. The van der Waals surface area contributed by atoms with Crippen molar-refractivity contribution in [2.75, 3.05) is 33.7 Å². The maximum absolute atomic E-state index is 11.8. The van der Waals surface area contributed by atoms with Crippen LogP contribution in [0.5, 0.6) is 0 Å². The van der Waals surface area contributed by atoms with Gasteiger partial charge in [-0.2, -0.15) is 0 Å². The first-order chi connectivity index (χ1) is 14.8. The van der Waals surface area contributed by atoms with Crippen LogP contribution in [-0.4, -0.2) is 77.0 Å². The van der Waals surface area contributed by atoms with Gasteiger partial charge < -0.3 is 25.1 Å². The number of likely N-dealkylation sites (tertiary alicyclic amines) is 1. The predicted molar refractivity (Wildman–Crippen MR) is 119 cm³/mol. The summed E-state index contributed by atoms with van der Waals surface area (Å²) in [5.41, 5.74) is 1.75. The summed E-state index contributed by atoms with van der Waals surface area (Å²) in [6.07, 6.45) is -1.59. The summed E-state index contributed by atoms with van der Waals surface area (Å²) in [7, 11) is 3.08. The molecule has 0 saturated carbocycles. The summed E-state index contributed by atoms with van der Waals surface area (Å²) in [6, 6.07) is 17.5. The fraction of sp³-hybridized carbons (Fsp3) is 0.400. The summed E-state index contributed by atoms with van der Waals surface area (Å²) in [5.74, 6) is 5.75. The zero-order valence-corrected chi connectivity index (χ0v) is 18.0. The number of aliphatic hydroxyl groups excluding tert-OH is 2. The van der Waals surface area contributed by atoms with Crippen molar-refractivity contribution in [3.05, 3.63) is 71.3 Å². The fourth-order valence-electron chi connectivity index (χ4n) is 3.72. The van der Waals surface area contributed by atoms with E-state index in [1.165, 1.54) is 19.0 Å². The molecular formula is C25H30N2O4. The van der Waals surface area contributed by atoms with Gasteiger partial charge in [0.15, 0.2) is 6.10 Å². The molecule has 1 aliphatic rings. The minimum Gasteiger partial charge on any atom is -0.389 e. The number of likely N-dealkylation sites (N-methyl/N-ethyl adjacent to an activating group) is 1. The molecule has 1 heterocycles. The third kappa shape index (κ3) is 5.93. The number of β-amino-alcohol motifs (C(OH)–C–C–N with tert-alkyl or cyclic N) is 1. The first kappa shape index (κ1) is 23.0. The van der Waals surface area contributed by atoms with Gasteiger partial charge in [-0.15, -0.1) is 0 Å². The van der Waals surface area contributed by atoms with Crippen LogP contribution < -0.4 is 0 Å². The quantitative estimate of drug-likeness (QED) is 0.631. The van der Waals surface area contributed by atoms with Crippen LogP contribution in [0.4, 0.5) is 0 Å². The van der Waals surface area contributed by atoms with E-state index in [2.05, 4.69) is 11.8 Å². The Kier molecular flexibility index (Phi) is 7.47. The van der Waals surface area contributed by atoms with Crippen LogP contribution in [0.3, 0.4) is 0 Å². The molecule has 0 radical (unpaired) electrons. The number of nitrogens with zero attached hydrogens (tertiary/aromatic N) is 2. The van der Waals surface area contributed by atoms with E-state index in [1.807, 2.05) is 59.5 Å². The monoisotopic (exact) mass is 422 g/mol. The third-order valence-electron chi connectivity index (χ3n) is 5.73. The van der Waals surface area contributed by atoms with Crippen molar-refractivity contribution in [1.29, 1.82) is 0 Å². The molecule has 3 rings (SSSR count). The number of aliphatic hydroxyl groups is 3. The second-order valence-electron chi connectivity index (χ2n) is 8.27. The molecule has 6 heteroatoms. The Morgan fingerprint density at radius 3 is 2.10 bits per heavy atom. The molecule has 2 atom stereocenters. The van der Waals surface area contributed by atoms with Crippen LogP contribution in [0.25, 0.3) is 0 Å². The molecule has 2 aromatic rings. The molecule has 1 saturated heterocycles. The van der Waals surface area contributed by atoms with Crippen molar-refractivity contribution in [3.8, 4) is 11.8 Å². The summed E-state index contributed by atoms with van der Waals surface area (Å²) in [5, 5.41) is 31.3. The van der Waals surface area contributed by atoms with Crippen LogP contribution in [0.1, 0.15) is 29.5 Å². The van der Waals surface area contributed by atoms with E-state index in [-0.39, 0.29) is 6.54 Å². The molecule has 0 aliphatic carbocycles. The van der Waals surface area contributed by atoms with Crippen LogP contribution >= 0.6 is 0 Å². The lowest BCUT2D eigenvalue weighted by atomic mass is 9.84. The Bertz CT molecular complexity index is 923. The average Bonchev–Trinajstić information content (AvgIpc) is 2.79. The van der Waals surface area contributed by atoms with Gasteiger partial charge in [0.05, 0.1) is 5.60 Å². The Labute approximate surface area is 183 Å². The van der Waals surface area contributed by atoms with E-state index in [1.54, 1.807) is 0 Å². The van der Waals surface area contributed by atoms with Crippen LogP contribution in [-0.2, 0) is 10.4 Å². The number of piperidine rings is 1. The number of hydrogen-bond acceptors (Lipinski definition) is 5. The van der Waals surface area contributed by atoms with Crippen molar-refractivity contribution in [3.63, 3.8) is 0 Å². The lowest BCUT2D eigenvalue weighted by Gasteiger charge is -2.39. The smallest absolute Gasteiger partial charge is 0.253 e. The third-order valence-corrected chi connectivity index (χ3v) is 5.73. The Balaban J connectivity index is 1.56. The zero-order chi connectivity index (χ0) is 22.4. The van der Waals surface area contributed by atoms with E-state index >= 15 is 0 Å². The van der Waals surface area contributed by atoms with Crippen molar-refractivity contribution in [2.24, 2.45) is 0 Å². The number of carbonyl (C=O) groups is 1. The highest BCUT2D eigenvalue weighted by atomic mass is 16.3. The molecule has 6 nitrogen and oxygen atoms in total. The van der Waals surface area contributed by atoms with E-state index in [0.29, 0.717) is 25.9 Å². The highest BCUT2D eigenvalue weighted by molar-refractivity contribution is 5.80. The predicted octanol–water partition coefficient (Wildman–Crippen LogP) is 1.18. The molecule has 164 valence electrons. The van der Waals surface area contributed by atoms with Gasteiger partial charge in [0.2, 0.25) is 0 Å². The summed E-state index contributed by atoms with van der Waals surface area (Å²) >= 11 is 0. The van der Waals surface area contributed by atoms with Crippen molar-refractivity contribution in [1.82, 2.24) is 9.80 Å². The molecular weight excluding hydrogens is 392 g/mol. The molecule has 2 aromatic carbocycles. The van der Waals surface area contributed by atoms with Crippen molar-refractivity contribution < 1.29 is 20.1 Å². The van der Waals surface area contributed by atoms with Crippen molar-refractivity contribution >= 4 is 5.91 Å². The van der Waals surface area contributed by atoms with Gasteiger partial charge in [0, 0.05) is 44.9 Å². The standard InChI is InChI=1S/C25H30N2O4/c1-26(2)24(30)23(29)22(28)18-27-16-14-25(31,15-17-27)21-12-10-20(11-13-21)9-8-19-6-4-3-5-7-19/h3-7,10-13,22-23,28-29,31H,14-18H2,1-2H3/t22-,23+/m0/s1. The van der Waals surface area contributed by atoms with E-state index < -0.39 is 23.7 Å². The van der Waals surface area contributed by atoms with Crippen LogP contribution in [0, 0.1) is 11.8 Å². The van der Waals surface area contributed by atoms with E-state index in [4.69, 9.17) is 0 Å². The summed E-state index contributed by atoms with van der Waals surface area (Å²) in [4.78, 5) is 15.0. The minimum absolute atomic E-state index is 0.185. The molecule has 3 N–H and O–H groups in total. The SMILES string of the molecule is CN(C)C(=O)[C@H](O)[C@@H](O)CN1CCC(O)(c2ccc(C#Cc3ccccc3)cc2)CC1. The van der Waals surface area contributed by atoms with E-state index in [0.717, 1.165) is 16.7 Å². The molecule has 31 heavy (non-hydrogen) atoms. The second-order valence-corrected chi connectivity index (χ2v) is 8.27. The first-order valence-corrected chi connectivity index (χ1v) is 10.5. The topological polar surface area (TPSA) is 84.2 Å². The van der Waals surface area contributed by atoms with Crippen LogP contribution in [0.15, 0.2) is 54.6 Å². The Morgan fingerprint density at radius 1 is 1.00 bits per heavy atom. The fourth-order valence-corrected chi connectivity index (χ4v) is 3.72. The lowest BCUT2D eigenvalue weighted by Crippen LogP contribution is -2.50. The number of benzene rings is 2. The second kappa shape index (κ2) is 10.1. The van der Waals surface area contributed by atoms with Gasteiger partial charge in [0.1, 0.15) is 6.10 Å². The van der Waals surface area contributed by atoms with Crippen molar-refractivity contribution in [2.45, 2.75) is 30.7 Å². The molecule has 0 unspecified atom stereocenters. The van der Waals surface area contributed by atoms with E-state index in [9.17, 15) is 20.1 Å². The molecule has 1 aliphatic heterocycles. The van der Waals surface area contributed by atoms with Gasteiger partial charge in [-0.25, -0.2) is 0 Å². The summed E-state index contributed by atoms with van der Waals surface area (Å²) in [6.45, 7) is 1.31. The first-order valence-electron chi connectivity index (χ1n) is 10.5. The van der Waals surface area contributed by atoms with Gasteiger partial charge in [-0.3, -0.25) is 4.79 Å². The molecule has 0 bridgehead atoms. The maximum Gasteiger partial charge on any atom is 0.253 e.